The third kappa shape index (κ3) is 3.03. The van der Waals surface area contributed by atoms with E-state index in [0.29, 0.717) is 21.9 Å². The topological polar surface area (TPSA) is 43.4 Å². The molecule has 0 aliphatic heterocycles. The molecule has 0 unspecified atom stereocenters. The fourth-order valence-corrected chi connectivity index (χ4v) is 2.80. The van der Waals surface area contributed by atoms with Crippen LogP contribution in [0.3, 0.4) is 0 Å². The molecular weight excluding hydrogens is 271 g/mol. The Labute approximate surface area is 105 Å². The Balaban J connectivity index is 3.37. The van der Waals surface area contributed by atoms with E-state index < -0.39 is 9.05 Å². The van der Waals surface area contributed by atoms with Crippen LogP contribution in [-0.2, 0) is 14.8 Å². The van der Waals surface area contributed by atoms with Gasteiger partial charge >= 0.3 is 0 Å². The number of methoxy groups -OCH3 is 1. The molecule has 0 aromatic heterocycles. The predicted molar refractivity (Wildman–Crippen MR) is 66.0 cm³/mol. The number of aryl methyl sites for hydroxylation is 1. The highest BCUT2D eigenvalue weighted by molar-refractivity contribution is 8.13. The number of hydrogen-bond acceptors (Lipinski definition) is 3. The molecule has 16 heavy (non-hydrogen) atoms. The third-order valence-electron chi connectivity index (χ3n) is 2.29. The minimum atomic E-state index is -3.58. The van der Waals surface area contributed by atoms with Crippen LogP contribution in [0.1, 0.15) is 16.7 Å². The van der Waals surface area contributed by atoms with Crippen molar-refractivity contribution in [1.82, 2.24) is 0 Å². The van der Waals surface area contributed by atoms with Crippen molar-refractivity contribution in [3.8, 4) is 5.75 Å². The highest BCUT2D eigenvalue weighted by Gasteiger charge is 2.16. The summed E-state index contributed by atoms with van der Waals surface area (Å²) in [5.74, 6) is 0.270. The Morgan fingerprint density at radius 3 is 2.38 bits per heavy atom. The quantitative estimate of drug-likeness (QED) is 0.801. The van der Waals surface area contributed by atoms with Crippen LogP contribution >= 0.6 is 22.3 Å². The SMILES string of the molecule is COc1c(C)c(CS(=O)(=O)Cl)cc(C)c1Cl. The van der Waals surface area contributed by atoms with Crippen LogP contribution in [0.15, 0.2) is 6.07 Å². The van der Waals surface area contributed by atoms with Crippen molar-refractivity contribution in [2.24, 2.45) is 0 Å². The maximum atomic E-state index is 11.0. The number of halogens is 2. The Hall–Kier alpha value is -0.450. The molecular formula is C10H12Cl2O3S. The highest BCUT2D eigenvalue weighted by atomic mass is 35.7. The minimum Gasteiger partial charge on any atom is -0.495 e. The maximum Gasteiger partial charge on any atom is 0.236 e. The molecule has 0 radical (unpaired) electrons. The zero-order valence-electron chi connectivity index (χ0n) is 9.17. The number of benzene rings is 1. The third-order valence-corrected chi connectivity index (χ3v) is 3.74. The summed E-state index contributed by atoms with van der Waals surface area (Å²) in [6.45, 7) is 3.54. The molecule has 0 amide bonds. The van der Waals surface area contributed by atoms with E-state index in [1.54, 1.807) is 19.9 Å². The Morgan fingerprint density at radius 2 is 1.94 bits per heavy atom. The van der Waals surface area contributed by atoms with E-state index in [-0.39, 0.29) is 5.75 Å². The van der Waals surface area contributed by atoms with Crippen molar-refractivity contribution in [3.05, 3.63) is 27.8 Å². The van der Waals surface area contributed by atoms with Gasteiger partial charge in [0.25, 0.3) is 0 Å². The minimum absolute atomic E-state index is 0.227. The molecule has 0 saturated heterocycles. The van der Waals surface area contributed by atoms with Gasteiger partial charge in [-0.05, 0) is 30.5 Å². The zero-order valence-corrected chi connectivity index (χ0v) is 11.5. The summed E-state index contributed by atoms with van der Waals surface area (Å²) in [6.07, 6.45) is 0. The number of hydrogen-bond donors (Lipinski definition) is 0. The van der Waals surface area contributed by atoms with Gasteiger partial charge in [0.1, 0.15) is 5.75 Å². The average molecular weight is 283 g/mol. The molecule has 3 nitrogen and oxygen atoms in total. The first-order valence-corrected chi connectivity index (χ1v) is 7.36. The van der Waals surface area contributed by atoms with Gasteiger partial charge in [0.2, 0.25) is 9.05 Å². The molecule has 1 aromatic carbocycles. The monoisotopic (exact) mass is 282 g/mol. The molecule has 0 aliphatic carbocycles. The lowest BCUT2D eigenvalue weighted by molar-refractivity contribution is 0.411. The van der Waals surface area contributed by atoms with Gasteiger partial charge in [-0.15, -0.1) is 0 Å². The van der Waals surface area contributed by atoms with Gasteiger partial charge in [0, 0.05) is 10.7 Å². The molecule has 0 saturated carbocycles. The molecule has 0 N–H and O–H groups in total. The summed E-state index contributed by atoms with van der Waals surface area (Å²) in [6, 6.07) is 1.71. The number of ether oxygens (including phenoxy) is 1. The molecule has 0 atom stereocenters. The van der Waals surface area contributed by atoms with Gasteiger partial charge in [-0.3, -0.25) is 0 Å². The molecule has 0 bridgehead atoms. The average Bonchev–Trinajstić information content (AvgIpc) is 2.13. The first-order valence-electron chi connectivity index (χ1n) is 4.51. The summed E-state index contributed by atoms with van der Waals surface area (Å²) < 4.78 is 27.2. The second-order valence-electron chi connectivity index (χ2n) is 3.51. The second-order valence-corrected chi connectivity index (χ2v) is 6.66. The van der Waals surface area contributed by atoms with Crippen LogP contribution in [0, 0.1) is 13.8 Å². The van der Waals surface area contributed by atoms with E-state index in [1.165, 1.54) is 7.11 Å². The first-order chi connectivity index (χ1) is 7.26. The predicted octanol–water partition coefficient (Wildman–Crippen LogP) is 3.03. The van der Waals surface area contributed by atoms with Gasteiger partial charge < -0.3 is 4.74 Å². The van der Waals surface area contributed by atoms with Crippen molar-refractivity contribution in [2.75, 3.05) is 7.11 Å². The van der Waals surface area contributed by atoms with E-state index in [2.05, 4.69) is 0 Å². The van der Waals surface area contributed by atoms with Gasteiger partial charge in [-0.1, -0.05) is 17.7 Å². The molecule has 0 spiro atoms. The largest absolute Gasteiger partial charge is 0.495 e. The molecule has 0 fully saturated rings. The summed E-state index contributed by atoms with van der Waals surface area (Å²) in [5, 5.41) is 0.496. The number of rotatable bonds is 3. The molecule has 6 heteroatoms. The molecule has 1 aromatic rings. The fraction of sp³-hybridized carbons (Fsp3) is 0.400. The maximum absolute atomic E-state index is 11.0. The molecule has 0 heterocycles. The Kier molecular flexibility index (Phi) is 4.10. The van der Waals surface area contributed by atoms with E-state index in [9.17, 15) is 8.42 Å². The molecule has 0 aliphatic rings. The van der Waals surface area contributed by atoms with Crippen LogP contribution in [0.4, 0.5) is 0 Å². The lowest BCUT2D eigenvalue weighted by Gasteiger charge is -2.13. The van der Waals surface area contributed by atoms with Crippen molar-refractivity contribution in [2.45, 2.75) is 19.6 Å². The van der Waals surface area contributed by atoms with Gasteiger partial charge in [-0.25, -0.2) is 8.42 Å². The Morgan fingerprint density at radius 1 is 1.38 bits per heavy atom. The van der Waals surface area contributed by atoms with Crippen molar-refractivity contribution < 1.29 is 13.2 Å². The zero-order chi connectivity index (χ0) is 12.5. The highest BCUT2D eigenvalue weighted by Crippen LogP contribution is 2.34. The van der Waals surface area contributed by atoms with Crippen LogP contribution in [0.5, 0.6) is 5.75 Å². The standard InChI is InChI=1S/C10H12Cl2O3S/c1-6-4-8(5-16(12,13)14)7(2)10(15-3)9(6)11/h4H,5H2,1-3H3. The van der Waals surface area contributed by atoms with Crippen molar-refractivity contribution in [3.63, 3.8) is 0 Å². The van der Waals surface area contributed by atoms with Gasteiger partial charge in [0.05, 0.1) is 17.9 Å². The lowest BCUT2D eigenvalue weighted by atomic mass is 10.1. The molecule has 1 rings (SSSR count). The van der Waals surface area contributed by atoms with Gasteiger partial charge in [-0.2, -0.15) is 0 Å². The van der Waals surface area contributed by atoms with E-state index in [0.717, 1.165) is 5.56 Å². The van der Waals surface area contributed by atoms with Crippen LogP contribution in [0.2, 0.25) is 5.02 Å². The fourth-order valence-electron chi connectivity index (χ4n) is 1.50. The summed E-state index contributed by atoms with van der Waals surface area (Å²) in [7, 11) is 3.14. The Bertz CT molecular complexity index is 509. The van der Waals surface area contributed by atoms with Crippen LogP contribution in [-0.4, -0.2) is 15.5 Å². The summed E-state index contributed by atoms with van der Waals surface area (Å²) in [4.78, 5) is 0. The smallest absolute Gasteiger partial charge is 0.236 e. The summed E-state index contributed by atoms with van der Waals surface area (Å²) >= 11 is 6.03. The van der Waals surface area contributed by atoms with Crippen molar-refractivity contribution in [1.29, 1.82) is 0 Å². The lowest BCUT2D eigenvalue weighted by Crippen LogP contribution is -2.01. The normalized spacial score (nSPS) is 11.6. The van der Waals surface area contributed by atoms with Crippen LogP contribution < -0.4 is 4.74 Å². The van der Waals surface area contributed by atoms with Gasteiger partial charge in [0.15, 0.2) is 0 Å². The second kappa shape index (κ2) is 4.82. The van der Waals surface area contributed by atoms with E-state index >= 15 is 0 Å². The summed E-state index contributed by atoms with van der Waals surface area (Å²) in [5.41, 5.74) is 2.07. The van der Waals surface area contributed by atoms with Crippen molar-refractivity contribution >= 4 is 31.3 Å². The van der Waals surface area contributed by atoms with Crippen LogP contribution in [0.25, 0.3) is 0 Å². The van der Waals surface area contributed by atoms with E-state index in [1.807, 2.05) is 0 Å². The first kappa shape index (κ1) is 13.6. The molecule has 90 valence electrons. The van der Waals surface area contributed by atoms with E-state index in [4.69, 9.17) is 27.0 Å².